The summed E-state index contributed by atoms with van der Waals surface area (Å²) in [5, 5.41) is 11.6. The lowest BCUT2D eigenvalue weighted by atomic mass is 10.2. The fraction of sp³-hybridized carbons (Fsp3) is 0.733. The molecule has 1 saturated heterocycles. The molecule has 1 aromatic heterocycles. The molecule has 0 bridgehead atoms. The highest BCUT2D eigenvalue weighted by atomic mass is 16.6. The molecule has 23 heavy (non-hydrogen) atoms. The van der Waals surface area contributed by atoms with E-state index >= 15 is 0 Å². The number of rotatable bonds is 4. The van der Waals surface area contributed by atoms with Crippen molar-refractivity contribution in [3.8, 4) is 0 Å². The summed E-state index contributed by atoms with van der Waals surface area (Å²) < 4.78 is 5.03. The zero-order chi connectivity index (χ0) is 16.1. The van der Waals surface area contributed by atoms with Gasteiger partial charge in [-0.25, -0.2) is 4.79 Å². The van der Waals surface area contributed by atoms with E-state index in [-0.39, 0.29) is 6.09 Å². The summed E-state index contributed by atoms with van der Waals surface area (Å²) in [6, 6.07) is 0.500. The number of ether oxygens (including phenoxy) is 1. The van der Waals surface area contributed by atoms with Crippen molar-refractivity contribution >= 4 is 17.9 Å². The summed E-state index contributed by atoms with van der Waals surface area (Å²) in [4.78, 5) is 20.1. The van der Waals surface area contributed by atoms with Crippen LogP contribution in [0.25, 0.3) is 0 Å². The summed E-state index contributed by atoms with van der Waals surface area (Å²) in [5.41, 5.74) is 0. The van der Waals surface area contributed by atoms with Crippen LogP contribution in [-0.2, 0) is 4.74 Å². The Kier molecular flexibility index (Phi) is 5.09. The topological polar surface area (TPSA) is 83.5 Å². The molecule has 0 unspecified atom stereocenters. The van der Waals surface area contributed by atoms with E-state index in [0.717, 1.165) is 5.82 Å². The molecule has 3 rings (SSSR count). The smallest absolute Gasteiger partial charge is 0.409 e. The van der Waals surface area contributed by atoms with Gasteiger partial charge in [-0.15, -0.1) is 5.10 Å². The summed E-state index contributed by atoms with van der Waals surface area (Å²) >= 11 is 0. The maximum atomic E-state index is 11.7. The van der Waals surface area contributed by atoms with Crippen molar-refractivity contribution in [1.29, 1.82) is 0 Å². The monoisotopic (exact) mass is 320 g/mol. The quantitative estimate of drug-likeness (QED) is 0.900. The van der Waals surface area contributed by atoms with Crippen LogP contribution >= 0.6 is 0 Å². The molecule has 126 valence electrons. The minimum Gasteiger partial charge on any atom is -0.450 e. The number of hydrogen-bond acceptors (Lipinski definition) is 7. The molecule has 1 amide bonds. The number of carbonyl (C=O) groups is 1. The first-order valence-electron chi connectivity index (χ1n) is 8.39. The van der Waals surface area contributed by atoms with Gasteiger partial charge in [0.1, 0.15) is 0 Å². The van der Waals surface area contributed by atoms with E-state index in [9.17, 15) is 4.79 Å². The third-order valence-corrected chi connectivity index (χ3v) is 4.34. The molecule has 1 aromatic rings. The first-order valence-corrected chi connectivity index (χ1v) is 8.39. The average Bonchev–Trinajstić information content (AvgIpc) is 3.08. The van der Waals surface area contributed by atoms with Crippen LogP contribution in [0.5, 0.6) is 0 Å². The van der Waals surface area contributed by atoms with Crippen LogP contribution in [0.15, 0.2) is 6.20 Å². The zero-order valence-corrected chi connectivity index (χ0v) is 13.6. The van der Waals surface area contributed by atoms with Crippen molar-refractivity contribution in [2.45, 2.75) is 38.6 Å². The van der Waals surface area contributed by atoms with Gasteiger partial charge in [-0.1, -0.05) is 12.8 Å². The van der Waals surface area contributed by atoms with Crippen molar-refractivity contribution in [2.24, 2.45) is 0 Å². The Morgan fingerprint density at radius 3 is 2.74 bits per heavy atom. The highest BCUT2D eigenvalue weighted by Gasteiger charge is 2.24. The van der Waals surface area contributed by atoms with Gasteiger partial charge in [0, 0.05) is 32.2 Å². The number of anilines is 2. The highest BCUT2D eigenvalue weighted by molar-refractivity contribution is 5.68. The van der Waals surface area contributed by atoms with Gasteiger partial charge in [0.05, 0.1) is 12.8 Å². The van der Waals surface area contributed by atoms with E-state index in [1.54, 1.807) is 11.1 Å². The van der Waals surface area contributed by atoms with Crippen molar-refractivity contribution in [2.75, 3.05) is 43.0 Å². The van der Waals surface area contributed by atoms with Crippen LogP contribution < -0.4 is 10.2 Å². The summed E-state index contributed by atoms with van der Waals surface area (Å²) in [6.45, 7) is 4.82. The number of nitrogens with one attached hydrogen (secondary N) is 1. The predicted octanol–water partition coefficient (Wildman–Crippen LogP) is 1.50. The van der Waals surface area contributed by atoms with Crippen LogP contribution in [0.1, 0.15) is 32.6 Å². The van der Waals surface area contributed by atoms with Crippen molar-refractivity contribution in [1.82, 2.24) is 20.1 Å². The zero-order valence-electron chi connectivity index (χ0n) is 13.6. The second kappa shape index (κ2) is 7.43. The van der Waals surface area contributed by atoms with Crippen LogP contribution in [0, 0.1) is 0 Å². The maximum absolute atomic E-state index is 11.7. The SMILES string of the molecule is CCOC(=O)N1CCN(c2nncc(NC3CCCC3)n2)CC1. The summed E-state index contributed by atoms with van der Waals surface area (Å²) in [7, 11) is 0. The van der Waals surface area contributed by atoms with Gasteiger partial charge >= 0.3 is 6.09 Å². The van der Waals surface area contributed by atoms with Crippen LogP contribution in [-0.4, -0.2) is 65.0 Å². The third kappa shape index (κ3) is 4.00. The average molecular weight is 320 g/mol. The Balaban J connectivity index is 1.56. The number of piperazine rings is 1. The van der Waals surface area contributed by atoms with Crippen LogP contribution in [0.3, 0.4) is 0 Å². The highest BCUT2D eigenvalue weighted by Crippen LogP contribution is 2.21. The maximum Gasteiger partial charge on any atom is 0.409 e. The van der Waals surface area contributed by atoms with Crippen molar-refractivity contribution in [3.63, 3.8) is 0 Å². The van der Waals surface area contributed by atoms with E-state index in [1.807, 2.05) is 6.92 Å². The Labute approximate surface area is 136 Å². The van der Waals surface area contributed by atoms with E-state index < -0.39 is 0 Å². The van der Waals surface area contributed by atoms with Gasteiger partial charge < -0.3 is 19.9 Å². The van der Waals surface area contributed by atoms with Crippen molar-refractivity contribution in [3.05, 3.63) is 6.20 Å². The molecule has 2 heterocycles. The molecule has 0 atom stereocenters. The Morgan fingerprint density at radius 2 is 2.04 bits per heavy atom. The Morgan fingerprint density at radius 1 is 1.30 bits per heavy atom. The molecule has 8 nitrogen and oxygen atoms in total. The number of aromatic nitrogens is 3. The van der Waals surface area contributed by atoms with E-state index in [2.05, 4.69) is 25.4 Å². The number of amides is 1. The molecular weight excluding hydrogens is 296 g/mol. The molecular formula is C15H24N6O2. The first-order chi connectivity index (χ1) is 11.3. The molecule has 8 heteroatoms. The lowest BCUT2D eigenvalue weighted by molar-refractivity contribution is 0.105. The van der Waals surface area contributed by atoms with Crippen LogP contribution in [0.4, 0.5) is 16.6 Å². The standard InChI is InChI=1S/C15H24N6O2/c1-2-23-15(22)21-9-7-20(8-10-21)14-18-13(11-16-19-14)17-12-5-3-4-6-12/h11-12H,2-10H2,1H3,(H,17,18,19). The molecule has 0 spiro atoms. The summed E-state index contributed by atoms with van der Waals surface area (Å²) in [6.07, 6.45) is 6.37. The Hall–Kier alpha value is -2.12. The first kappa shape index (κ1) is 15.8. The molecule has 2 fully saturated rings. The minimum atomic E-state index is -0.247. The molecule has 1 aliphatic carbocycles. The number of hydrogen-bond donors (Lipinski definition) is 1. The largest absolute Gasteiger partial charge is 0.450 e. The van der Waals surface area contributed by atoms with Gasteiger partial charge in [0.2, 0.25) is 5.95 Å². The number of nitrogens with zero attached hydrogens (tertiary/aromatic N) is 5. The lowest BCUT2D eigenvalue weighted by Gasteiger charge is -2.33. The number of carbonyl (C=O) groups excluding carboxylic acids is 1. The predicted molar refractivity (Wildman–Crippen MR) is 86.5 cm³/mol. The molecule has 1 aliphatic heterocycles. The van der Waals surface area contributed by atoms with Crippen molar-refractivity contribution < 1.29 is 9.53 Å². The van der Waals surface area contributed by atoms with Gasteiger partial charge in [0.15, 0.2) is 5.82 Å². The lowest BCUT2D eigenvalue weighted by Crippen LogP contribution is -2.49. The normalized spacial score (nSPS) is 19.0. The molecule has 1 saturated carbocycles. The second-order valence-corrected chi connectivity index (χ2v) is 5.94. The Bertz CT molecular complexity index is 526. The van der Waals surface area contributed by atoms with E-state index in [0.29, 0.717) is 44.8 Å². The van der Waals surface area contributed by atoms with Crippen LogP contribution in [0.2, 0.25) is 0 Å². The molecule has 0 aromatic carbocycles. The van der Waals surface area contributed by atoms with E-state index in [4.69, 9.17) is 4.74 Å². The van der Waals surface area contributed by atoms with Gasteiger partial charge in [-0.3, -0.25) is 0 Å². The minimum absolute atomic E-state index is 0.247. The molecule has 0 radical (unpaired) electrons. The van der Waals surface area contributed by atoms with E-state index in [1.165, 1.54) is 25.7 Å². The van der Waals surface area contributed by atoms with Gasteiger partial charge in [-0.2, -0.15) is 10.1 Å². The fourth-order valence-corrected chi connectivity index (χ4v) is 3.08. The summed E-state index contributed by atoms with van der Waals surface area (Å²) in [5.74, 6) is 1.41. The van der Waals surface area contributed by atoms with Gasteiger partial charge in [0.25, 0.3) is 0 Å². The second-order valence-electron chi connectivity index (χ2n) is 5.94. The van der Waals surface area contributed by atoms with Gasteiger partial charge in [-0.05, 0) is 19.8 Å². The third-order valence-electron chi connectivity index (χ3n) is 4.34. The molecule has 2 aliphatic rings. The fourth-order valence-electron chi connectivity index (χ4n) is 3.08. The molecule has 1 N–H and O–H groups in total.